The van der Waals surface area contributed by atoms with Crippen molar-refractivity contribution in [1.82, 2.24) is 0 Å². The van der Waals surface area contributed by atoms with Crippen LogP contribution >= 0.6 is 0 Å². The van der Waals surface area contributed by atoms with Crippen LogP contribution in [0.15, 0.2) is 23.8 Å². The Balaban J connectivity index is 2.57. The summed E-state index contributed by atoms with van der Waals surface area (Å²) in [6, 6.07) is 0. The summed E-state index contributed by atoms with van der Waals surface area (Å²) in [4.78, 5) is 11.0. The molecular weight excluding hydrogens is 156 g/mol. The van der Waals surface area contributed by atoms with Gasteiger partial charge in [0.15, 0.2) is 0 Å². The number of aliphatic hydroxyl groups is 1. The molecule has 0 saturated carbocycles. The predicted octanol–water partition coefficient (Wildman–Crippen LogP) is 0.654. The first-order valence-electron chi connectivity index (χ1n) is 3.85. The molecule has 0 spiro atoms. The van der Waals surface area contributed by atoms with E-state index in [0.717, 1.165) is 0 Å². The Morgan fingerprint density at radius 2 is 2.58 bits per heavy atom. The summed E-state index contributed by atoms with van der Waals surface area (Å²) in [5, 5.41) is 8.78. The van der Waals surface area contributed by atoms with Gasteiger partial charge in [-0.1, -0.05) is 18.2 Å². The molecule has 3 nitrogen and oxygen atoms in total. The number of esters is 1. The number of hydrogen-bond donors (Lipinski definition) is 1. The molecule has 1 aliphatic carbocycles. The zero-order valence-corrected chi connectivity index (χ0v) is 6.99. The molecule has 0 fully saturated rings. The van der Waals surface area contributed by atoms with Crippen molar-refractivity contribution in [3.63, 3.8) is 0 Å². The van der Waals surface area contributed by atoms with E-state index in [2.05, 4.69) is 4.74 Å². The Hall–Kier alpha value is -1.09. The monoisotopic (exact) mass is 168 g/mol. The van der Waals surface area contributed by atoms with Gasteiger partial charge in [0.2, 0.25) is 0 Å². The molecular formula is C9H12O3. The second-order valence-electron chi connectivity index (χ2n) is 2.69. The lowest BCUT2D eigenvalue weighted by Crippen LogP contribution is -2.09. The van der Waals surface area contributed by atoms with Gasteiger partial charge in [-0.05, 0) is 6.42 Å². The van der Waals surface area contributed by atoms with Crippen molar-refractivity contribution in [1.29, 1.82) is 0 Å². The van der Waals surface area contributed by atoms with E-state index in [1.54, 1.807) is 12.2 Å². The van der Waals surface area contributed by atoms with Crippen LogP contribution in [0, 0.1) is 5.92 Å². The predicted molar refractivity (Wildman–Crippen MR) is 44.4 cm³/mol. The summed E-state index contributed by atoms with van der Waals surface area (Å²) < 4.78 is 4.54. The number of ether oxygens (including phenoxy) is 1. The van der Waals surface area contributed by atoms with Crippen LogP contribution in [0.25, 0.3) is 0 Å². The van der Waals surface area contributed by atoms with Crippen molar-refractivity contribution in [2.75, 3.05) is 13.7 Å². The molecule has 0 bridgehead atoms. The van der Waals surface area contributed by atoms with E-state index in [4.69, 9.17) is 5.11 Å². The topological polar surface area (TPSA) is 46.5 Å². The van der Waals surface area contributed by atoms with Gasteiger partial charge < -0.3 is 9.84 Å². The van der Waals surface area contributed by atoms with Crippen LogP contribution in [0.2, 0.25) is 0 Å². The minimum atomic E-state index is -0.317. The average Bonchev–Trinajstić information content (AvgIpc) is 2.17. The van der Waals surface area contributed by atoms with Crippen molar-refractivity contribution in [3.8, 4) is 0 Å². The number of aliphatic hydroxyl groups excluding tert-OH is 1. The molecule has 0 radical (unpaired) electrons. The zero-order valence-electron chi connectivity index (χ0n) is 6.99. The Morgan fingerprint density at radius 1 is 1.83 bits per heavy atom. The van der Waals surface area contributed by atoms with E-state index in [-0.39, 0.29) is 18.5 Å². The minimum Gasteiger partial charge on any atom is -0.465 e. The second kappa shape index (κ2) is 4.07. The first kappa shape index (κ1) is 9.00. The molecule has 66 valence electrons. The molecule has 0 amide bonds. The SMILES string of the molecule is COC(=O)C1=CC[C@H](CO)C=C1. The molecule has 12 heavy (non-hydrogen) atoms. The highest BCUT2D eigenvalue weighted by Crippen LogP contribution is 2.16. The lowest BCUT2D eigenvalue weighted by atomic mass is 9.98. The van der Waals surface area contributed by atoms with E-state index >= 15 is 0 Å². The van der Waals surface area contributed by atoms with Crippen LogP contribution in [-0.2, 0) is 9.53 Å². The third-order valence-electron chi connectivity index (χ3n) is 1.84. The number of hydrogen-bond acceptors (Lipinski definition) is 3. The van der Waals surface area contributed by atoms with Gasteiger partial charge in [0, 0.05) is 12.5 Å². The van der Waals surface area contributed by atoms with E-state index in [1.807, 2.05) is 6.08 Å². The van der Waals surface area contributed by atoms with Crippen molar-refractivity contribution >= 4 is 5.97 Å². The van der Waals surface area contributed by atoms with Gasteiger partial charge in [0.05, 0.1) is 12.7 Å². The quantitative estimate of drug-likeness (QED) is 0.616. The molecule has 0 aromatic heterocycles. The summed E-state index contributed by atoms with van der Waals surface area (Å²) in [7, 11) is 1.36. The number of carbonyl (C=O) groups excluding carboxylic acids is 1. The van der Waals surface area contributed by atoms with E-state index in [1.165, 1.54) is 7.11 Å². The number of rotatable bonds is 2. The molecule has 0 aliphatic heterocycles. The van der Waals surface area contributed by atoms with E-state index < -0.39 is 0 Å². The van der Waals surface area contributed by atoms with Crippen molar-refractivity contribution in [2.45, 2.75) is 6.42 Å². The Morgan fingerprint density at radius 3 is 3.00 bits per heavy atom. The van der Waals surface area contributed by atoms with Crippen molar-refractivity contribution in [3.05, 3.63) is 23.8 Å². The summed E-state index contributed by atoms with van der Waals surface area (Å²) in [5.41, 5.74) is 0.571. The molecule has 1 atom stereocenters. The average molecular weight is 168 g/mol. The highest BCUT2D eigenvalue weighted by atomic mass is 16.5. The minimum absolute atomic E-state index is 0.126. The van der Waals surface area contributed by atoms with Crippen LogP contribution in [-0.4, -0.2) is 24.8 Å². The lowest BCUT2D eigenvalue weighted by molar-refractivity contribution is -0.135. The summed E-state index contributed by atoms with van der Waals surface area (Å²) >= 11 is 0. The molecule has 0 heterocycles. The van der Waals surface area contributed by atoms with Gasteiger partial charge in [-0.25, -0.2) is 4.79 Å². The standard InChI is InChI=1S/C9H12O3/c1-12-9(11)8-4-2-7(6-10)3-5-8/h2,4-5,7,10H,3,6H2,1H3/t7-/m1/s1. The summed E-state index contributed by atoms with van der Waals surface area (Å²) in [6.45, 7) is 0.126. The Kier molecular flexibility index (Phi) is 3.05. The molecule has 3 heteroatoms. The molecule has 1 N–H and O–H groups in total. The van der Waals surface area contributed by atoms with Gasteiger partial charge in [0.25, 0.3) is 0 Å². The Bertz CT molecular complexity index is 228. The van der Waals surface area contributed by atoms with Gasteiger partial charge >= 0.3 is 5.97 Å². The molecule has 0 saturated heterocycles. The second-order valence-corrected chi connectivity index (χ2v) is 2.69. The lowest BCUT2D eigenvalue weighted by Gasteiger charge is -2.11. The maximum atomic E-state index is 11.0. The summed E-state index contributed by atoms with van der Waals surface area (Å²) in [5.74, 6) is -0.166. The smallest absolute Gasteiger partial charge is 0.337 e. The van der Waals surface area contributed by atoms with Crippen LogP contribution in [0.3, 0.4) is 0 Å². The highest BCUT2D eigenvalue weighted by Gasteiger charge is 2.12. The van der Waals surface area contributed by atoms with E-state index in [9.17, 15) is 4.79 Å². The number of methoxy groups -OCH3 is 1. The fourth-order valence-electron chi connectivity index (χ4n) is 1.07. The first-order chi connectivity index (χ1) is 5.77. The van der Waals surface area contributed by atoms with Crippen LogP contribution in [0.5, 0.6) is 0 Å². The summed E-state index contributed by atoms with van der Waals surface area (Å²) in [6.07, 6.45) is 6.01. The maximum Gasteiger partial charge on any atom is 0.337 e. The third kappa shape index (κ3) is 1.95. The zero-order chi connectivity index (χ0) is 8.97. The molecule has 0 unspecified atom stereocenters. The Labute approximate surface area is 71.3 Å². The van der Waals surface area contributed by atoms with Crippen LogP contribution < -0.4 is 0 Å². The normalized spacial score (nSPS) is 21.8. The van der Waals surface area contributed by atoms with Gasteiger partial charge in [-0.3, -0.25) is 0 Å². The number of carbonyl (C=O) groups is 1. The molecule has 1 rings (SSSR count). The van der Waals surface area contributed by atoms with Crippen LogP contribution in [0.4, 0.5) is 0 Å². The van der Waals surface area contributed by atoms with Gasteiger partial charge in [-0.2, -0.15) is 0 Å². The third-order valence-corrected chi connectivity index (χ3v) is 1.84. The first-order valence-corrected chi connectivity index (χ1v) is 3.85. The fraction of sp³-hybridized carbons (Fsp3) is 0.444. The molecule has 0 aromatic rings. The largest absolute Gasteiger partial charge is 0.465 e. The van der Waals surface area contributed by atoms with Crippen LogP contribution in [0.1, 0.15) is 6.42 Å². The van der Waals surface area contributed by atoms with Crippen molar-refractivity contribution in [2.24, 2.45) is 5.92 Å². The van der Waals surface area contributed by atoms with Gasteiger partial charge in [0.1, 0.15) is 0 Å². The molecule has 1 aliphatic rings. The highest BCUT2D eigenvalue weighted by molar-refractivity contribution is 5.91. The van der Waals surface area contributed by atoms with Crippen molar-refractivity contribution < 1.29 is 14.6 Å². The number of allylic oxidation sites excluding steroid dienone is 1. The molecule has 0 aromatic carbocycles. The fourth-order valence-corrected chi connectivity index (χ4v) is 1.07. The van der Waals surface area contributed by atoms with Gasteiger partial charge in [-0.15, -0.1) is 0 Å². The maximum absolute atomic E-state index is 11.0. The van der Waals surface area contributed by atoms with E-state index in [0.29, 0.717) is 12.0 Å².